The number of hydrogen-bond acceptors (Lipinski definition) is 2. The first-order valence-corrected chi connectivity index (χ1v) is 5.63. The highest BCUT2D eigenvalue weighted by Crippen LogP contribution is 2.24. The maximum Gasteiger partial charge on any atom is 0.328 e. The first-order chi connectivity index (χ1) is 8.00. The molecule has 0 aliphatic carbocycles. The molecule has 1 aromatic rings. The van der Waals surface area contributed by atoms with Gasteiger partial charge < -0.3 is 9.84 Å². The first-order valence-electron chi connectivity index (χ1n) is 5.63. The molecule has 0 aliphatic rings. The van der Waals surface area contributed by atoms with Gasteiger partial charge in [0.1, 0.15) is 12.4 Å². The summed E-state index contributed by atoms with van der Waals surface area (Å²) >= 11 is 0. The molecule has 0 fully saturated rings. The molecule has 1 N–H and O–H groups in total. The van der Waals surface area contributed by atoms with Gasteiger partial charge in [-0.25, -0.2) is 4.79 Å². The Bertz CT molecular complexity index is 419. The molecule has 0 heterocycles. The molecule has 3 nitrogen and oxygen atoms in total. The lowest BCUT2D eigenvalue weighted by molar-refractivity contribution is -0.131. The zero-order valence-electron chi connectivity index (χ0n) is 10.4. The van der Waals surface area contributed by atoms with E-state index in [2.05, 4.69) is 19.9 Å². The van der Waals surface area contributed by atoms with Crippen LogP contribution in [0.3, 0.4) is 0 Å². The van der Waals surface area contributed by atoms with Gasteiger partial charge in [-0.3, -0.25) is 0 Å². The number of rotatable bonds is 5. The van der Waals surface area contributed by atoms with Crippen molar-refractivity contribution in [2.45, 2.75) is 26.7 Å². The molecule has 0 bridgehead atoms. The van der Waals surface area contributed by atoms with Crippen LogP contribution in [0.5, 0.6) is 5.75 Å². The van der Waals surface area contributed by atoms with Crippen molar-refractivity contribution in [3.05, 3.63) is 41.5 Å². The molecule has 1 aromatic carbocycles. The highest BCUT2D eigenvalue weighted by atomic mass is 16.5. The van der Waals surface area contributed by atoms with E-state index >= 15 is 0 Å². The second-order valence-electron chi connectivity index (χ2n) is 4.23. The molecule has 92 valence electrons. The lowest BCUT2D eigenvalue weighted by Gasteiger charge is -2.11. The van der Waals surface area contributed by atoms with Crippen molar-refractivity contribution in [1.29, 1.82) is 0 Å². The standard InChI is InChI=1S/C14H18O3/c1-10(2)12-7-6-11(3)13(9-12)17-8-4-5-14(15)16/h4-7,9-10H,8H2,1-3H3,(H,15,16). The van der Waals surface area contributed by atoms with Crippen molar-refractivity contribution in [3.8, 4) is 5.75 Å². The topological polar surface area (TPSA) is 46.5 Å². The highest BCUT2D eigenvalue weighted by Gasteiger charge is 2.04. The summed E-state index contributed by atoms with van der Waals surface area (Å²) in [6, 6.07) is 6.11. The molecule has 0 radical (unpaired) electrons. The van der Waals surface area contributed by atoms with E-state index < -0.39 is 5.97 Å². The van der Waals surface area contributed by atoms with Crippen LogP contribution in [0.4, 0.5) is 0 Å². The van der Waals surface area contributed by atoms with E-state index in [-0.39, 0.29) is 6.61 Å². The quantitative estimate of drug-likeness (QED) is 0.796. The molecule has 0 aromatic heterocycles. The van der Waals surface area contributed by atoms with Gasteiger partial charge in [0.2, 0.25) is 0 Å². The van der Waals surface area contributed by atoms with Crippen molar-refractivity contribution in [3.63, 3.8) is 0 Å². The Hall–Kier alpha value is -1.77. The average Bonchev–Trinajstić information content (AvgIpc) is 2.25. The summed E-state index contributed by atoms with van der Waals surface area (Å²) in [5.41, 5.74) is 2.27. The number of ether oxygens (including phenoxy) is 1. The van der Waals surface area contributed by atoms with Crippen LogP contribution < -0.4 is 4.74 Å². The van der Waals surface area contributed by atoms with Crippen molar-refractivity contribution in [1.82, 2.24) is 0 Å². The number of aryl methyl sites for hydroxylation is 1. The molecule has 0 aliphatic heterocycles. The monoisotopic (exact) mass is 234 g/mol. The van der Waals surface area contributed by atoms with Crippen LogP contribution in [0.2, 0.25) is 0 Å². The van der Waals surface area contributed by atoms with Crippen LogP contribution in [0.25, 0.3) is 0 Å². The van der Waals surface area contributed by atoms with Gasteiger partial charge in [-0.05, 0) is 36.1 Å². The van der Waals surface area contributed by atoms with Crippen molar-refractivity contribution < 1.29 is 14.6 Å². The van der Waals surface area contributed by atoms with E-state index in [4.69, 9.17) is 9.84 Å². The van der Waals surface area contributed by atoms with Crippen molar-refractivity contribution in [2.24, 2.45) is 0 Å². The van der Waals surface area contributed by atoms with Crippen LogP contribution in [-0.4, -0.2) is 17.7 Å². The smallest absolute Gasteiger partial charge is 0.328 e. The average molecular weight is 234 g/mol. The predicted octanol–water partition coefficient (Wildman–Crippen LogP) is 3.14. The summed E-state index contributed by atoms with van der Waals surface area (Å²) in [4.78, 5) is 10.3. The molecular weight excluding hydrogens is 216 g/mol. The normalized spacial score (nSPS) is 11.1. The molecule has 17 heavy (non-hydrogen) atoms. The zero-order valence-corrected chi connectivity index (χ0v) is 10.4. The van der Waals surface area contributed by atoms with E-state index in [9.17, 15) is 4.79 Å². The third-order valence-electron chi connectivity index (χ3n) is 2.47. The van der Waals surface area contributed by atoms with E-state index in [1.807, 2.05) is 19.1 Å². The Balaban J connectivity index is 2.69. The first kappa shape index (κ1) is 13.3. The molecule has 0 atom stereocenters. The lowest BCUT2D eigenvalue weighted by Crippen LogP contribution is -1.98. The van der Waals surface area contributed by atoms with Gasteiger partial charge in [-0.15, -0.1) is 0 Å². The summed E-state index contributed by atoms with van der Waals surface area (Å²) in [6.45, 7) is 6.49. The lowest BCUT2D eigenvalue weighted by atomic mass is 10.0. The van der Waals surface area contributed by atoms with Crippen LogP contribution in [0, 0.1) is 6.92 Å². The molecule has 0 unspecified atom stereocenters. The van der Waals surface area contributed by atoms with Gasteiger partial charge in [-0.1, -0.05) is 26.0 Å². The fourth-order valence-corrected chi connectivity index (χ4v) is 1.42. The van der Waals surface area contributed by atoms with E-state index in [1.54, 1.807) is 0 Å². The fourth-order valence-electron chi connectivity index (χ4n) is 1.42. The minimum absolute atomic E-state index is 0.273. The molecule has 0 amide bonds. The van der Waals surface area contributed by atoms with Crippen molar-refractivity contribution in [2.75, 3.05) is 6.61 Å². The second kappa shape index (κ2) is 6.09. The maximum absolute atomic E-state index is 10.3. The van der Waals surface area contributed by atoms with Gasteiger partial charge in [0.05, 0.1) is 0 Å². The fraction of sp³-hybridized carbons (Fsp3) is 0.357. The Kier molecular flexibility index (Phi) is 4.76. The third kappa shape index (κ3) is 4.31. The van der Waals surface area contributed by atoms with Crippen LogP contribution >= 0.6 is 0 Å². The van der Waals surface area contributed by atoms with E-state index in [0.29, 0.717) is 5.92 Å². The molecule has 0 saturated heterocycles. The Labute approximate surface area is 102 Å². The summed E-state index contributed by atoms with van der Waals surface area (Å²) in [5, 5.41) is 8.44. The van der Waals surface area contributed by atoms with Crippen LogP contribution in [0.15, 0.2) is 30.4 Å². The molecule has 0 spiro atoms. The molecular formula is C14H18O3. The summed E-state index contributed by atoms with van der Waals surface area (Å²) in [6.07, 6.45) is 2.57. The van der Waals surface area contributed by atoms with Gasteiger partial charge in [0.15, 0.2) is 0 Å². The largest absolute Gasteiger partial charge is 0.489 e. The minimum atomic E-state index is -0.957. The van der Waals surface area contributed by atoms with Crippen LogP contribution in [0.1, 0.15) is 30.9 Å². The number of carbonyl (C=O) groups is 1. The van der Waals surface area contributed by atoms with E-state index in [1.165, 1.54) is 11.6 Å². The van der Waals surface area contributed by atoms with Crippen LogP contribution in [-0.2, 0) is 4.79 Å². The molecule has 1 rings (SSSR count). The van der Waals surface area contributed by atoms with Gasteiger partial charge in [0, 0.05) is 6.08 Å². The highest BCUT2D eigenvalue weighted by molar-refractivity contribution is 5.79. The Morgan fingerprint density at radius 2 is 2.18 bits per heavy atom. The number of carboxylic acid groups (broad SMARTS) is 1. The van der Waals surface area contributed by atoms with E-state index in [0.717, 1.165) is 17.4 Å². The third-order valence-corrected chi connectivity index (χ3v) is 2.47. The van der Waals surface area contributed by atoms with Crippen molar-refractivity contribution >= 4 is 5.97 Å². The summed E-state index contributed by atoms with van der Waals surface area (Å²) < 4.78 is 5.53. The molecule has 0 saturated carbocycles. The van der Waals surface area contributed by atoms with Gasteiger partial charge in [-0.2, -0.15) is 0 Å². The number of carboxylic acids is 1. The predicted molar refractivity (Wildman–Crippen MR) is 67.5 cm³/mol. The van der Waals surface area contributed by atoms with Gasteiger partial charge in [0.25, 0.3) is 0 Å². The Morgan fingerprint density at radius 1 is 1.47 bits per heavy atom. The summed E-state index contributed by atoms with van der Waals surface area (Å²) in [7, 11) is 0. The number of aliphatic carboxylic acids is 1. The minimum Gasteiger partial charge on any atom is -0.489 e. The second-order valence-corrected chi connectivity index (χ2v) is 4.23. The maximum atomic E-state index is 10.3. The molecule has 3 heteroatoms. The summed E-state index contributed by atoms with van der Waals surface area (Å²) in [5.74, 6) is 0.306. The zero-order chi connectivity index (χ0) is 12.8. The van der Waals surface area contributed by atoms with Gasteiger partial charge >= 0.3 is 5.97 Å². The number of benzene rings is 1. The SMILES string of the molecule is Cc1ccc(C(C)C)cc1OCC=CC(=O)O. The number of hydrogen-bond donors (Lipinski definition) is 1. The Morgan fingerprint density at radius 3 is 2.76 bits per heavy atom.